The molecule has 0 bridgehead atoms. The molecule has 1 atom stereocenters. The minimum atomic E-state index is -1.09. The van der Waals surface area contributed by atoms with E-state index in [1.54, 1.807) is 19.1 Å². The van der Waals surface area contributed by atoms with Crippen LogP contribution in [0.25, 0.3) is 0 Å². The van der Waals surface area contributed by atoms with Crippen LogP contribution in [0, 0.1) is 10.1 Å². The van der Waals surface area contributed by atoms with Gasteiger partial charge in [0.15, 0.2) is 11.5 Å². The average Bonchev–Trinajstić information content (AvgIpc) is 3.20. The second-order valence-corrected chi connectivity index (χ2v) is 6.94. The van der Waals surface area contributed by atoms with Gasteiger partial charge in [0.2, 0.25) is 6.79 Å². The lowest BCUT2D eigenvalue weighted by molar-refractivity contribution is -0.384. The highest BCUT2D eigenvalue weighted by atomic mass is 16.7. The zero-order chi connectivity index (χ0) is 19.9. The summed E-state index contributed by atoms with van der Waals surface area (Å²) in [6, 6.07) is 10.7. The maximum Gasteiger partial charge on any atom is 0.325 e. The lowest BCUT2D eigenvalue weighted by Crippen LogP contribution is -2.45. The van der Waals surface area contributed by atoms with Gasteiger partial charge in [-0.3, -0.25) is 19.8 Å². The number of nitro benzene ring substituents is 1. The quantitative estimate of drug-likeness (QED) is 0.482. The Morgan fingerprint density at radius 2 is 1.79 bits per heavy atom. The molecule has 2 aromatic rings. The van der Waals surface area contributed by atoms with Crippen molar-refractivity contribution < 1.29 is 24.0 Å². The number of non-ortho nitro benzene ring substituents is 1. The summed E-state index contributed by atoms with van der Waals surface area (Å²) >= 11 is 0. The molecule has 144 valence electrons. The van der Waals surface area contributed by atoms with Crippen LogP contribution in [0.1, 0.15) is 18.1 Å². The summed E-state index contributed by atoms with van der Waals surface area (Å²) < 4.78 is 10.6. The van der Waals surface area contributed by atoms with E-state index < -0.39 is 16.5 Å². The van der Waals surface area contributed by atoms with Crippen molar-refractivity contribution in [3.8, 4) is 11.5 Å². The first-order valence-electron chi connectivity index (χ1n) is 8.62. The first-order valence-corrected chi connectivity index (χ1v) is 8.62. The Balaban J connectivity index is 1.50. The topological polar surface area (TPSA) is 111 Å². The molecule has 0 aliphatic carbocycles. The summed E-state index contributed by atoms with van der Waals surface area (Å²) in [5.74, 6) is 0.907. The van der Waals surface area contributed by atoms with Gasteiger partial charge in [-0.15, -0.1) is 0 Å². The third kappa shape index (κ3) is 3.11. The van der Waals surface area contributed by atoms with Crippen molar-refractivity contribution in [1.82, 2.24) is 10.2 Å². The number of carbonyl (C=O) groups is 2. The molecule has 1 fully saturated rings. The van der Waals surface area contributed by atoms with Crippen LogP contribution in [0.4, 0.5) is 10.5 Å². The highest BCUT2D eigenvalue weighted by molar-refractivity contribution is 6.06. The minimum Gasteiger partial charge on any atom is -0.454 e. The van der Waals surface area contributed by atoms with E-state index in [9.17, 15) is 19.7 Å². The Morgan fingerprint density at radius 3 is 2.50 bits per heavy atom. The molecular weight excluding hydrogens is 366 g/mol. The lowest BCUT2D eigenvalue weighted by Gasteiger charge is -2.22. The van der Waals surface area contributed by atoms with E-state index in [0.717, 1.165) is 10.5 Å². The van der Waals surface area contributed by atoms with Gasteiger partial charge in [-0.2, -0.15) is 0 Å². The third-order valence-electron chi connectivity index (χ3n) is 4.83. The van der Waals surface area contributed by atoms with Crippen LogP contribution in [-0.2, 0) is 17.8 Å². The summed E-state index contributed by atoms with van der Waals surface area (Å²) in [5, 5.41) is 13.5. The van der Waals surface area contributed by atoms with Crippen LogP contribution in [0.15, 0.2) is 42.5 Å². The van der Waals surface area contributed by atoms with Crippen LogP contribution in [0.5, 0.6) is 11.5 Å². The summed E-state index contributed by atoms with van der Waals surface area (Å²) in [7, 11) is 0. The zero-order valence-corrected chi connectivity index (χ0v) is 15.0. The van der Waals surface area contributed by atoms with Crippen LogP contribution >= 0.6 is 0 Å². The fourth-order valence-corrected chi connectivity index (χ4v) is 3.38. The number of rotatable bonds is 5. The Bertz CT molecular complexity index is 974. The van der Waals surface area contributed by atoms with Crippen molar-refractivity contribution in [2.75, 3.05) is 6.79 Å². The van der Waals surface area contributed by atoms with Crippen molar-refractivity contribution >= 4 is 17.6 Å². The van der Waals surface area contributed by atoms with Gasteiger partial charge in [0, 0.05) is 18.6 Å². The number of nitro groups is 1. The van der Waals surface area contributed by atoms with E-state index in [1.807, 2.05) is 6.07 Å². The van der Waals surface area contributed by atoms with Gasteiger partial charge in [-0.1, -0.05) is 18.2 Å². The molecule has 28 heavy (non-hydrogen) atoms. The van der Waals surface area contributed by atoms with Crippen LogP contribution in [-0.4, -0.2) is 34.1 Å². The van der Waals surface area contributed by atoms with Crippen molar-refractivity contribution in [2.45, 2.75) is 25.4 Å². The molecule has 9 nitrogen and oxygen atoms in total. The molecule has 1 saturated heterocycles. The molecule has 0 unspecified atom stereocenters. The molecule has 4 rings (SSSR count). The molecule has 0 spiro atoms. The summed E-state index contributed by atoms with van der Waals surface area (Å²) in [4.78, 5) is 36.7. The van der Waals surface area contributed by atoms with Crippen molar-refractivity contribution in [3.63, 3.8) is 0 Å². The SMILES string of the molecule is C[C@]1(Cc2ccc3c(c2)OCO3)NC(=O)N(Cc2ccc([N+](=O)[O-])cc2)C1=O. The molecule has 2 heterocycles. The molecule has 2 aliphatic heterocycles. The number of imide groups is 1. The Hall–Kier alpha value is -3.62. The molecule has 9 heteroatoms. The number of nitrogens with zero attached hydrogens (tertiary/aromatic N) is 2. The van der Waals surface area contributed by atoms with E-state index in [4.69, 9.17) is 9.47 Å². The fraction of sp³-hybridized carbons (Fsp3) is 0.263. The monoisotopic (exact) mass is 383 g/mol. The fourth-order valence-electron chi connectivity index (χ4n) is 3.38. The summed E-state index contributed by atoms with van der Waals surface area (Å²) in [6.07, 6.45) is 0.297. The lowest BCUT2D eigenvalue weighted by atomic mass is 9.92. The molecule has 1 N–H and O–H groups in total. The maximum atomic E-state index is 12.9. The molecule has 2 aromatic carbocycles. The number of benzene rings is 2. The number of ether oxygens (including phenoxy) is 2. The highest BCUT2D eigenvalue weighted by Crippen LogP contribution is 2.34. The molecule has 0 saturated carbocycles. The first-order chi connectivity index (χ1) is 13.4. The minimum absolute atomic E-state index is 0.0411. The van der Waals surface area contributed by atoms with Gasteiger partial charge in [0.1, 0.15) is 5.54 Å². The average molecular weight is 383 g/mol. The van der Waals surface area contributed by atoms with Crippen LogP contribution in [0.3, 0.4) is 0 Å². The van der Waals surface area contributed by atoms with Crippen molar-refractivity contribution in [3.05, 3.63) is 63.7 Å². The zero-order valence-electron chi connectivity index (χ0n) is 15.0. The number of amides is 3. The maximum absolute atomic E-state index is 12.9. The molecule has 2 aliphatic rings. The van der Waals surface area contributed by atoms with E-state index in [0.29, 0.717) is 23.5 Å². The summed E-state index contributed by atoms with van der Waals surface area (Å²) in [5.41, 5.74) is 0.318. The number of nitrogens with one attached hydrogen (secondary N) is 1. The Kier molecular flexibility index (Phi) is 4.14. The molecule has 3 amide bonds. The van der Waals surface area contributed by atoms with E-state index in [1.165, 1.54) is 24.3 Å². The number of fused-ring (bicyclic) bond motifs is 1. The highest BCUT2D eigenvalue weighted by Gasteiger charge is 2.47. The largest absolute Gasteiger partial charge is 0.454 e. The summed E-state index contributed by atoms with van der Waals surface area (Å²) in [6.45, 7) is 1.88. The van der Waals surface area contributed by atoms with Crippen LogP contribution in [0.2, 0.25) is 0 Å². The number of carbonyl (C=O) groups excluding carboxylic acids is 2. The van der Waals surface area contributed by atoms with Crippen LogP contribution < -0.4 is 14.8 Å². The van der Waals surface area contributed by atoms with Gasteiger partial charge >= 0.3 is 6.03 Å². The Labute approximate surface area is 160 Å². The van der Waals surface area contributed by atoms with Crippen molar-refractivity contribution in [1.29, 1.82) is 0 Å². The number of urea groups is 1. The smallest absolute Gasteiger partial charge is 0.325 e. The second kappa shape index (κ2) is 6.52. The number of hydrogen-bond acceptors (Lipinski definition) is 6. The van der Waals surface area contributed by atoms with E-state index >= 15 is 0 Å². The standard InChI is InChI=1S/C19H17N3O6/c1-19(9-13-4-7-15-16(8-13)28-11-27-15)17(23)21(18(24)20-19)10-12-2-5-14(6-3-12)22(25)26/h2-8H,9-11H2,1H3,(H,20,24)/t19-/m1/s1. The van der Waals surface area contributed by atoms with Gasteiger partial charge in [0.05, 0.1) is 11.5 Å². The normalized spacial score (nSPS) is 20.4. The van der Waals surface area contributed by atoms with Gasteiger partial charge < -0.3 is 14.8 Å². The molecule has 0 aromatic heterocycles. The van der Waals surface area contributed by atoms with Gasteiger partial charge in [0.25, 0.3) is 11.6 Å². The Morgan fingerprint density at radius 1 is 1.11 bits per heavy atom. The predicted molar refractivity (Wildman–Crippen MR) is 96.9 cm³/mol. The van der Waals surface area contributed by atoms with Gasteiger partial charge in [-0.05, 0) is 30.2 Å². The molecule has 0 radical (unpaired) electrons. The first kappa shape index (κ1) is 17.8. The van der Waals surface area contributed by atoms with E-state index in [2.05, 4.69) is 5.32 Å². The van der Waals surface area contributed by atoms with Crippen molar-refractivity contribution in [2.24, 2.45) is 0 Å². The molecular formula is C19H17N3O6. The number of hydrogen-bond donors (Lipinski definition) is 1. The second-order valence-electron chi connectivity index (χ2n) is 6.94. The van der Waals surface area contributed by atoms with E-state index in [-0.39, 0.29) is 24.9 Å². The predicted octanol–water partition coefficient (Wildman–Crippen LogP) is 2.38. The van der Waals surface area contributed by atoms with Gasteiger partial charge in [-0.25, -0.2) is 4.79 Å². The third-order valence-corrected chi connectivity index (χ3v) is 4.83.